The quantitative estimate of drug-likeness (QED) is 0.504. The molecular formula is C3H7AgO3S-. The zero-order valence-corrected chi connectivity index (χ0v) is 6.81. The summed E-state index contributed by atoms with van der Waals surface area (Å²) in [6.07, 6.45) is -0.238. The maximum Gasteiger partial charge on any atom is 0.0844 e. The third-order valence-corrected chi connectivity index (χ3v) is 0.813. The van der Waals surface area contributed by atoms with Gasteiger partial charge in [-0.05, 0) is 13.8 Å². The van der Waals surface area contributed by atoms with Crippen LogP contribution in [-0.4, -0.2) is 14.9 Å². The Balaban J connectivity index is 0. The van der Waals surface area contributed by atoms with Gasteiger partial charge >= 0.3 is 0 Å². The van der Waals surface area contributed by atoms with E-state index in [1.54, 1.807) is 13.8 Å². The molecule has 0 aliphatic heterocycles. The molecule has 1 radical (unpaired) electrons. The van der Waals surface area contributed by atoms with E-state index in [9.17, 15) is 8.76 Å². The van der Waals surface area contributed by atoms with Crippen LogP contribution in [-0.2, 0) is 37.9 Å². The molecule has 0 amide bonds. The van der Waals surface area contributed by atoms with Crippen molar-refractivity contribution in [2.45, 2.75) is 20.0 Å². The normalized spacial score (nSPS) is 13.0. The fourth-order valence-corrected chi connectivity index (χ4v) is 0.471. The van der Waals surface area contributed by atoms with E-state index in [0.717, 1.165) is 0 Å². The van der Waals surface area contributed by atoms with E-state index in [0.29, 0.717) is 0 Å². The topological polar surface area (TPSA) is 49.4 Å². The van der Waals surface area contributed by atoms with Crippen molar-refractivity contribution in [2.24, 2.45) is 0 Å². The fourth-order valence-electron chi connectivity index (χ4n) is 0.157. The van der Waals surface area contributed by atoms with Gasteiger partial charge in [0, 0.05) is 22.4 Å². The average molecular weight is 231 g/mol. The first-order chi connectivity index (χ1) is 3.13. The molecule has 0 aliphatic carbocycles. The second kappa shape index (κ2) is 5.94. The van der Waals surface area contributed by atoms with Gasteiger partial charge in [0.2, 0.25) is 0 Å². The zero-order valence-electron chi connectivity index (χ0n) is 4.51. The predicted octanol–water partition coefficient (Wildman–Crippen LogP) is 0.203. The molecule has 0 rings (SSSR count). The van der Waals surface area contributed by atoms with E-state index in [2.05, 4.69) is 4.18 Å². The number of hydrogen-bond acceptors (Lipinski definition) is 3. The molecule has 0 spiro atoms. The van der Waals surface area contributed by atoms with Crippen molar-refractivity contribution in [3.05, 3.63) is 0 Å². The predicted molar refractivity (Wildman–Crippen MR) is 25.1 cm³/mol. The van der Waals surface area contributed by atoms with Crippen molar-refractivity contribution in [3.63, 3.8) is 0 Å². The van der Waals surface area contributed by atoms with Gasteiger partial charge in [-0.2, -0.15) is 0 Å². The molecule has 0 aromatic heterocycles. The van der Waals surface area contributed by atoms with Crippen LogP contribution in [0, 0.1) is 0 Å². The van der Waals surface area contributed by atoms with Crippen LogP contribution in [0.5, 0.6) is 0 Å². The third kappa shape index (κ3) is 9.94. The van der Waals surface area contributed by atoms with Crippen LogP contribution in [0.15, 0.2) is 0 Å². The van der Waals surface area contributed by atoms with Gasteiger partial charge in [0.15, 0.2) is 0 Å². The standard InChI is InChI=1S/C3H8O3S.Ag/c1-3(2)6-7(4)5;/h3H,1-2H3,(H,4,5);/p-1. The molecule has 5 heteroatoms. The fraction of sp³-hybridized carbons (Fsp3) is 1.00. The van der Waals surface area contributed by atoms with Crippen molar-refractivity contribution < 1.29 is 35.3 Å². The van der Waals surface area contributed by atoms with Crippen LogP contribution in [0.2, 0.25) is 0 Å². The summed E-state index contributed by atoms with van der Waals surface area (Å²) in [5, 5.41) is 0. The minimum atomic E-state index is -2.35. The summed E-state index contributed by atoms with van der Waals surface area (Å²) < 4.78 is 23.3. The zero-order chi connectivity index (χ0) is 5.86. The van der Waals surface area contributed by atoms with Gasteiger partial charge in [0.05, 0.1) is 17.5 Å². The van der Waals surface area contributed by atoms with Crippen molar-refractivity contribution in [1.29, 1.82) is 0 Å². The summed E-state index contributed by atoms with van der Waals surface area (Å²) in [5.41, 5.74) is 0. The molecule has 0 aromatic rings. The summed E-state index contributed by atoms with van der Waals surface area (Å²) in [7, 11) is 0. The van der Waals surface area contributed by atoms with Crippen molar-refractivity contribution in [1.82, 2.24) is 0 Å². The largest absolute Gasteiger partial charge is 0.750 e. The van der Waals surface area contributed by atoms with Gasteiger partial charge in [-0.15, -0.1) is 0 Å². The summed E-state index contributed by atoms with van der Waals surface area (Å²) in [6.45, 7) is 3.30. The van der Waals surface area contributed by atoms with Gasteiger partial charge in [-0.3, -0.25) is 4.18 Å². The van der Waals surface area contributed by atoms with Crippen molar-refractivity contribution in [2.75, 3.05) is 0 Å². The molecule has 0 aromatic carbocycles. The first kappa shape index (κ1) is 11.6. The molecule has 0 aliphatic rings. The Morgan fingerprint density at radius 2 is 2.00 bits per heavy atom. The van der Waals surface area contributed by atoms with E-state index in [1.807, 2.05) is 0 Å². The Bertz CT molecular complexity index is 74.9. The molecule has 0 saturated carbocycles. The number of rotatable bonds is 2. The van der Waals surface area contributed by atoms with E-state index >= 15 is 0 Å². The van der Waals surface area contributed by atoms with Gasteiger partial charge < -0.3 is 4.55 Å². The van der Waals surface area contributed by atoms with Gasteiger partial charge in [-0.25, -0.2) is 4.21 Å². The average Bonchev–Trinajstić information content (AvgIpc) is 1.27. The Labute approximate surface area is 66.8 Å². The van der Waals surface area contributed by atoms with Crippen LogP contribution in [0.1, 0.15) is 13.8 Å². The minimum absolute atomic E-state index is 0. The molecular weight excluding hydrogens is 224 g/mol. The molecule has 8 heavy (non-hydrogen) atoms. The Morgan fingerprint density at radius 3 is 2.00 bits per heavy atom. The van der Waals surface area contributed by atoms with Crippen molar-refractivity contribution in [3.8, 4) is 0 Å². The smallest absolute Gasteiger partial charge is 0.0844 e. The van der Waals surface area contributed by atoms with E-state index in [1.165, 1.54) is 0 Å². The molecule has 0 N–H and O–H groups in total. The SMILES string of the molecule is CC(C)OS(=O)[O-].[Ag]. The maximum absolute atomic E-state index is 9.59. The minimum Gasteiger partial charge on any atom is -0.750 e. The summed E-state index contributed by atoms with van der Waals surface area (Å²) >= 11 is -2.35. The second-order valence-corrected chi connectivity index (χ2v) is 1.95. The summed E-state index contributed by atoms with van der Waals surface area (Å²) in [5.74, 6) is 0. The van der Waals surface area contributed by atoms with Gasteiger partial charge in [-0.1, -0.05) is 0 Å². The third-order valence-electron chi connectivity index (χ3n) is 0.271. The van der Waals surface area contributed by atoms with Crippen LogP contribution in [0.25, 0.3) is 0 Å². The summed E-state index contributed by atoms with van der Waals surface area (Å²) in [6, 6.07) is 0. The molecule has 0 bridgehead atoms. The second-order valence-electron chi connectivity index (χ2n) is 1.35. The monoisotopic (exact) mass is 230 g/mol. The van der Waals surface area contributed by atoms with Crippen LogP contribution in [0.3, 0.4) is 0 Å². The Morgan fingerprint density at radius 1 is 1.62 bits per heavy atom. The van der Waals surface area contributed by atoms with Gasteiger partial charge in [0.25, 0.3) is 0 Å². The molecule has 3 nitrogen and oxygen atoms in total. The Kier molecular flexibility index (Phi) is 8.60. The maximum atomic E-state index is 9.59. The van der Waals surface area contributed by atoms with Gasteiger partial charge in [0.1, 0.15) is 0 Å². The summed E-state index contributed by atoms with van der Waals surface area (Å²) in [4.78, 5) is 0. The Hall–Kier alpha value is 0.810. The number of hydrogen-bond donors (Lipinski definition) is 0. The molecule has 0 saturated heterocycles. The van der Waals surface area contributed by atoms with Crippen LogP contribution in [0.4, 0.5) is 0 Å². The molecule has 1 atom stereocenters. The van der Waals surface area contributed by atoms with Crippen LogP contribution >= 0.6 is 0 Å². The van der Waals surface area contributed by atoms with E-state index in [-0.39, 0.29) is 28.5 Å². The van der Waals surface area contributed by atoms with Crippen LogP contribution < -0.4 is 0 Å². The van der Waals surface area contributed by atoms with E-state index in [4.69, 9.17) is 0 Å². The first-order valence-corrected chi connectivity index (χ1v) is 2.89. The molecule has 0 heterocycles. The molecule has 0 fully saturated rings. The molecule has 1 unspecified atom stereocenters. The van der Waals surface area contributed by atoms with Crippen molar-refractivity contribution >= 4 is 11.4 Å². The van der Waals surface area contributed by atoms with E-state index < -0.39 is 11.4 Å². The molecule has 55 valence electrons. The first-order valence-electron chi connectivity index (χ1n) is 1.89.